The van der Waals surface area contributed by atoms with Gasteiger partial charge in [-0.25, -0.2) is 0 Å². The molecule has 0 saturated carbocycles. The lowest BCUT2D eigenvalue weighted by atomic mass is 10.1. The number of rotatable bonds is 4. The molecule has 1 atom stereocenters. The summed E-state index contributed by atoms with van der Waals surface area (Å²) in [5, 5.41) is 3.58. The number of aryl methyl sites for hydroxylation is 2. The lowest BCUT2D eigenvalue weighted by Crippen LogP contribution is -2.40. The van der Waals surface area contributed by atoms with E-state index in [1.807, 2.05) is 43.8 Å². The number of anilines is 2. The number of hydrogen-bond acceptors (Lipinski definition) is 3. The molecule has 0 aliphatic carbocycles. The van der Waals surface area contributed by atoms with Crippen molar-refractivity contribution in [2.75, 3.05) is 23.3 Å². The molecule has 24 heavy (non-hydrogen) atoms. The summed E-state index contributed by atoms with van der Waals surface area (Å²) in [5.74, 6) is 0.0385. The Morgan fingerprint density at radius 3 is 2.62 bits per heavy atom. The van der Waals surface area contributed by atoms with Crippen molar-refractivity contribution >= 4 is 29.0 Å². The first-order valence-electron chi connectivity index (χ1n) is 8.44. The van der Waals surface area contributed by atoms with Crippen LogP contribution >= 0.6 is 11.8 Å². The molecular formula is C20H24N2OS. The number of carbonyl (C=O) groups is 1. The van der Waals surface area contributed by atoms with E-state index >= 15 is 0 Å². The number of hydrogen-bond donors (Lipinski definition) is 1. The smallest absolute Gasteiger partial charge is 0.243 e. The van der Waals surface area contributed by atoms with E-state index in [9.17, 15) is 4.79 Å². The van der Waals surface area contributed by atoms with E-state index in [2.05, 4.69) is 41.4 Å². The lowest BCUT2D eigenvalue weighted by Gasteiger charge is -2.34. The van der Waals surface area contributed by atoms with Gasteiger partial charge in [0, 0.05) is 22.4 Å². The average Bonchev–Trinajstić information content (AvgIpc) is 2.53. The Morgan fingerprint density at radius 1 is 1.21 bits per heavy atom. The predicted octanol–water partition coefficient (Wildman–Crippen LogP) is 4.63. The normalized spacial score (nSPS) is 16.6. The Kier molecular flexibility index (Phi) is 5.14. The summed E-state index contributed by atoms with van der Waals surface area (Å²) >= 11 is 1.92. The van der Waals surface area contributed by atoms with Gasteiger partial charge in [-0.2, -0.15) is 0 Å². The van der Waals surface area contributed by atoms with Crippen molar-refractivity contribution in [1.29, 1.82) is 0 Å². The van der Waals surface area contributed by atoms with Crippen molar-refractivity contribution in [2.45, 2.75) is 37.3 Å². The first kappa shape index (κ1) is 16.9. The molecule has 0 radical (unpaired) electrons. The predicted molar refractivity (Wildman–Crippen MR) is 103 cm³/mol. The Hall–Kier alpha value is -1.94. The minimum atomic E-state index is 0.0385. The maximum Gasteiger partial charge on any atom is 0.243 e. The number of benzene rings is 2. The number of thioether (sulfide) groups is 1. The summed E-state index contributed by atoms with van der Waals surface area (Å²) in [4.78, 5) is 16.0. The molecule has 1 aliphatic heterocycles. The number of nitrogens with one attached hydrogen (secondary N) is 1. The highest BCUT2D eigenvalue weighted by molar-refractivity contribution is 8.00. The van der Waals surface area contributed by atoms with E-state index in [-0.39, 0.29) is 5.91 Å². The lowest BCUT2D eigenvalue weighted by molar-refractivity contribution is -0.115. The van der Waals surface area contributed by atoms with E-state index in [1.54, 1.807) is 0 Å². The van der Waals surface area contributed by atoms with E-state index in [4.69, 9.17) is 0 Å². The monoisotopic (exact) mass is 340 g/mol. The number of para-hydroxylation sites is 1. The zero-order valence-corrected chi connectivity index (χ0v) is 15.3. The number of nitrogens with zero attached hydrogens (tertiary/aromatic N) is 1. The molecule has 0 fully saturated rings. The molecule has 0 saturated heterocycles. The summed E-state index contributed by atoms with van der Waals surface area (Å²) in [6.45, 7) is 7.61. The van der Waals surface area contributed by atoms with Crippen LogP contribution in [0.25, 0.3) is 0 Å². The third-order valence-electron chi connectivity index (χ3n) is 4.22. The highest BCUT2D eigenvalue weighted by atomic mass is 32.2. The van der Waals surface area contributed by atoms with Gasteiger partial charge in [-0.3, -0.25) is 4.79 Å². The Labute approximate surface area is 148 Å². The summed E-state index contributed by atoms with van der Waals surface area (Å²) < 4.78 is 0. The number of carbonyl (C=O) groups excluding carboxylic acids is 1. The van der Waals surface area contributed by atoms with E-state index in [0.29, 0.717) is 11.8 Å². The minimum absolute atomic E-state index is 0.0385. The van der Waals surface area contributed by atoms with Gasteiger partial charge >= 0.3 is 0 Å². The molecule has 0 bridgehead atoms. The van der Waals surface area contributed by atoms with Gasteiger partial charge in [-0.05, 0) is 55.7 Å². The molecule has 4 heteroatoms. The second-order valence-corrected chi connectivity index (χ2v) is 7.76. The van der Waals surface area contributed by atoms with Crippen LogP contribution in [0.1, 0.15) is 24.5 Å². The van der Waals surface area contributed by atoms with E-state index < -0.39 is 0 Å². The zero-order valence-electron chi connectivity index (χ0n) is 14.5. The summed E-state index contributed by atoms with van der Waals surface area (Å²) in [6.07, 6.45) is 1.11. The molecule has 126 valence electrons. The molecule has 1 N–H and O–H groups in total. The summed E-state index contributed by atoms with van der Waals surface area (Å²) in [7, 11) is 0. The van der Waals surface area contributed by atoms with Crippen LogP contribution in [0.2, 0.25) is 0 Å². The van der Waals surface area contributed by atoms with Crippen LogP contribution in [0, 0.1) is 13.8 Å². The van der Waals surface area contributed by atoms with Gasteiger partial charge in [0.15, 0.2) is 0 Å². The molecule has 1 aliphatic rings. The first-order valence-corrected chi connectivity index (χ1v) is 9.32. The first-order chi connectivity index (χ1) is 11.5. The summed E-state index contributed by atoms with van der Waals surface area (Å²) in [6, 6.07) is 14.5. The highest BCUT2D eigenvalue weighted by Gasteiger charge is 2.25. The van der Waals surface area contributed by atoms with Gasteiger partial charge in [-0.15, -0.1) is 11.8 Å². The summed E-state index contributed by atoms with van der Waals surface area (Å²) in [5.41, 5.74) is 4.37. The van der Waals surface area contributed by atoms with Crippen LogP contribution in [0.15, 0.2) is 47.4 Å². The fourth-order valence-corrected chi connectivity index (χ4v) is 4.42. The second kappa shape index (κ2) is 7.31. The van der Waals surface area contributed by atoms with Crippen LogP contribution in [-0.4, -0.2) is 24.2 Å². The third-order valence-corrected chi connectivity index (χ3v) is 5.63. The SMILES string of the molecule is CC[C@@H]1CN(CC(=O)Nc2cc(C)cc(C)c2)c2ccccc2S1. The van der Waals surface area contributed by atoms with E-state index in [1.165, 1.54) is 10.6 Å². The van der Waals surface area contributed by atoms with Gasteiger partial charge < -0.3 is 10.2 Å². The highest BCUT2D eigenvalue weighted by Crippen LogP contribution is 2.39. The number of fused-ring (bicyclic) bond motifs is 1. The average molecular weight is 340 g/mol. The van der Waals surface area contributed by atoms with Crippen LogP contribution in [0.3, 0.4) is 0 Å². The van der Waals surface area contributed by atoms with Gasteiger partial charge in [-0.1, -0.05) is 25.1 Å². The third kappa shape index (κ3) is 3.93. The number of amides is 1. The molecule has 3 rings (SSSR count). The van der Waals surface area contributed by atoms with E-state index in [0.717, 1.165) is 29.8 Å². The molecule has 0 aromatic heterocycles. The van der Waals surface area contributed by atoms with Crippen LogP contribution in [0.4, 0.5) is 11.4 Å². The zero-order chi connectivity index (χ0) is 17.1. The molecule has 0 spiro atoms. The Balaban J connectivity index is 1.74. The van der Waals surface area contributed by atoms with Gasteiger partial charge in [0.05, 0.1) is 12.2 Å². The van der Waals surface area contributed by atoms with Gasteiger partial charge in [0.1, 0.15) is 0 Å². The fourth-order valence-electron chi connectivity index (χ4n) is 3.16. The van der Waals surface area contributed by atoms with Crippen molar-refractivity contribution in [3.8, 4) is 0 Å². The molecule has 2 aromatic rings. The van der Waals surface area contributed by atoms with Crippen molar-refractivity contribution in [3.63, 3.8) is 0 Å². The maximum atomic E-state index is 12.5. The Bertz CT molecular complexity index is 724. The molecule has 1 amide bonds. The van der Waals surface area contributed by atoms with Crippen LogP contribution < -0.4 is 10.2 Å². The maximum absolute atomic E-state index is 12.5. The molecule has 0 unspecified atom stereocenters. The van der Waals surface area contributed by atoms with Gasteiger partial charge in [0.2, 0.25) is 5.91 Å². The molecule has 1 heterocycles. The van der Waals surface area contributed by atoms with Crippen molar-refractivity contribution < 1.29 is 4.79 Å². The molecular weight excluding hydrogens is 316 g/mol. The fraction of sp³-hybridized carbons (Fsp3) is 0.350. The van der Waals surface area contributed by atoms with Crippen molar-refractivity contribution in [1.82, 2.24) is 0 Å². The minimum Gasteiger partial charge on any atom is -0.360 e. The Morgan fingerprint density at radius 2 is 1.92 bits per heavy atom. The molecule has 3 nitrogen and oxygen atoms in total. The van der Waals surface area contributed by atoms with Crippen molar-refractivity contribution in [3.05, 3.63) is 53.6 Å². The second-order valence-electron chi connectivity index (χ2n) is 6.42. The standard InChI is InChI=1S/C20H24N2OS/c1-4-17-12-22(18-7-5-6-8-19(18)24-17)13-20(23)21-16-10-14(2)9-15(3)11-16/h5-11,17H,4,12-13H2,1-3H3,(H,21,23)/t17-/m1/s1. The topological polar surface area (TPSA) is 32.3 Å². The molecule has 2 aromatic carbocycles. The largest absolute Gasteiger partial charge is 0.360 e. The van der Waals surface area contributed by atoms with Gasteiger partial charge in [0.25, 0.3) is 0 Å². The van der Waals surface area contributed by atoms with Crippen LogP contribution in [0.5, 0.6) is 0 Å². The van der Waals surface area contributed by atoms with Crippen LogP contribution in [-0.2, 0) is 4.79 Å². The van der Waals surface area contributed by atoms with Crippen molar-refractivity contribution in [2.24, 2.45) is 0 Å². The quantitative estimate of drug-likeness (QED) is 0.880.